The van der Waals surface area contributed by atoms with E-state index in [1.807, 2.05) is 0 Å². The van der Waals surface area contributed by atoms with Crippen LogP contribution in [0.15, 0.2) is 28.8 Å². The Morgan fingerprint density at radius 2 is 2.06 bits per heavy atom. The maximum Gasteiger partial charge on any atom is 0.139 e. The Morgan fingerprint density at radius 3 is 2.81 bits per heavy atom. The van der Waals surface area contributed by atoms with Crippen molar-refractivity contribution < 1.29 is 9.63 Å². The van der Waals surface area contributed by atoms with E-state index in [1.54, 1.807) is 24.3 Å². The monoisotopic (exact) mass is 257 g/mol. The van der Waals surface area contributed by atoms with Gasteiger partial charge in [-0.3, -0.25) is 0 Å². The number of aromatic nitrogens is 1. The van der Waals surface area contributed by atoms with E-state index in [0.29, 0.717) is 27.9 Å². The SMILES string of the molecule is OCCc1cc(-c2cc(Cl)ccc2Cl)no1. The smallest absolute Gasteiger partial charge is 0.139 e. The first-order valence-electron chi connectivity index (χ1n) is 4.72. The summed E-state index contributed by atoms with van der Waals surface area (Å²) in [5.41, 5.74) is 1.35. The van der Waals surface area contributed by atoms with Crippen molar-refractivity contribution in [3.63, 3.8) is 0 Å². The van der Waals surface area contributed by atoms with Crippen molar-refractivity contribution in [1.29, 1.82) is 0 Å². The summed E-state index contributed by atoms with van der Waals surface area (Å²) in [7, 11) is 0. The number of nitrogens with zero attached hydrogens (tertiary/aromatic N) is 1. The van der Waals surface area contributed by atoms with Crippen LogP contribution >= 0.6 is 23.2 Å². The molecule has 1 heterocycles. The van der Waals surface area contributed by atoms with Crippen LogP contribution in [0.25, 0.3) is 11.3 Å². The first-order valence-corrected chi connectivity index (χ1v) is 5.48. The minimum atomic E-state index is 0.0257. The molecule has 0 saturated carbocycles. The van der Waals surface area contributed by atoms with E-state index in [9.17, 15) is 0 Å². The van der Waals surface area contributed by atoms with Gasteiger partial charge >= 0.3 is 0 Å². The Bertz CT molecular complexity index is 496. The summed E-state index contributed by atoms with van der Waals surface area (Å²) in [6.45, 7) is 0.0257. The van der Waals surface area contributed by atoms with E-state index in [0.717, 1.165) is 5.56 Å². The molecule has 0 bridgehead atoms. The molecule has 16 heavy (non-hydrogen) atoms. The molecule has 0 fully saturated rings. The summed E-state index contributed by atoms with van der Waals surface area (Å²) < 4.78 is 5.04. The van der Waals surface area contributed by atoms with Crippen molar-refractivity contribution in [2.24, 2.45) is 0 Å². The maximum atomic E-state index is 8.76. The van der Waals surface area contributed by atoms with Crippen molar-refractivity contribution in [2.75, 3.05) is 6.61 Å². The second kappa shape index (κ2) is 4.87. The summed E-state index contributed by atoms with van der Waals surface area (Å²) in [6.07, 6.45) is 0.436. The van der Waals surface area contributed by atoms with Gasteiger partial charge < -0.3 is 9.63 Å². The van der Waals surface area contributed by atoms with Gasteiger partial charge in [-0.25, -0.2) is 0 Å². The molecule has 1 aromatic heterocycles. The van der Waals surface area contributed by atoms with Crippen LogP contribution in [0.3, 0.4) is 0 Å². The molecule has 2 rings (SSSR count). The third kappa shape index (κ3) is 2.38. The van der Waals surface area contributed by atoms with E-state index in [1.165, 1.54) is 0 Å². The molecule has 1 N–H and O–H groups in total. The average Bonchev–Trinajstić information content (AvgIpc) is 2.71. The molecule has 0 spiro atoms. The lowest BCUT2D eigenvalue weighted by molar-refractivity contribution is 0.277. The summed E-state index contributed by atoms with van der Waals surface area (Å²) in [4.78, 5) is 0. The van der Waals surface area contributed by atoms with E-state index in [2.05, 4.69) is 5.16 Å². The van der Waals surface area contributed by atoms with Crippen LogP contribution in [0.1, 0.15) is 5.76 Å². The van der Waals surface area contributed by atoms with Crippen LogP contribution in [0.5, 0.6) is 0 Å². The van der Waals surface area contributed by atoms with Crippen molar-refractivity contribution in [3.05, 3.63) is 40.1 Å². The summed E-state index contributed by atoms with van der Waals surface area (Å²) in [5, 5.41) is 13.8. The molecule has 1 aromatic carbocycles. The van der Waals surface area contributed by atoms with Crippen molar-refractivity contribution in [3.8, 4) is 11.3 Å². The molecular weight excluding hydrogens is 249 g/mol. The highest BCUT2D eigenvalue weighted by Crippen LogP contribution is 2.30. The van der Waals surface area contributed by atoms with Crippen LogP contribution in [0.4, 0.5) is 0 Å². The van der Waals surface area contributed by atoms with Crippen LogP contribution in [0.2, 0.25) is 10.0 Å². The number of hydrogen-bond donors (Lipinski definition) is 1. The van der Waals surface area contributed by atoms with E-state index < -0.39 is 0 Å². The fourth-order valence-electron chi connectivity index (χ4n) is 1.36. The Balaban J connectivity index is 2.38. The maximum absolute atomic E-state index is 8.76. The quantitative estimate of drug-likeness (QED) is 0.919. The number of benzene rings is 1. The number of aliphatic hydroxyl groups is 1. The zero-order chi connectivity index (χ0) is 11.5. The van der Waals surface area contributed by atoms with Crippen LogP contribution in [-0.2, 0) is 6.42 Å². The molecule has 84 valence electrons. The molecule has 0 unspecified atom stereocenters. The highest BCUT2D eigenvalue weighted by molar-refractivity contribution is 6.35. The first kappa shape index (κ1) is 11.5. The van der Waals surface area contributed by atoms with Gasteiger partial charge in [-0.1, -0.05) is 28.4 Å². The van der Waals surface area contributed by atoms with E-state index in [-0.39, 0.29) is 6.61 Å². The number of hydrogen-bond acceptors (Lipinski definition) is 3. The van der Waals surface area contributed by atoms with Gasteiger partial charge in [0.25, 0.3) is 0 Å². The molecule has 0 aliphatic carbocycles. The van der Waals surface area contributed by atoms with Gasteiger partial charge in [-0.2, -0.15) is 0 Å². The summed E-state index contributed by atoms with van der Waals surface area (Å²) >= 11 is 11.9. The Kier molecular flexibility index (Phi) is 3.49. The minimum Gasteiger partial charge on any atom is -0.396 e. The third-order valence-corrected chi connectivity index (χ3v) is 2.69. The van der Waals surface area contributed by atoms with Gasteiger partial charge in [-0.05, 0) is 18.2 Å². The van der Waals surface area contributed by atoms with Crippen LogP contribution < -0.4 is 0 Å². The summed E-state index contributed by atoms with van der Waals surface area (Å²) in [5.74, 6) is 0.619. The number of halogens is 2. The van der Waals surface area contributed by atoms with Gasteiger partial charge in [-0.15, -0.1) is 0 Å². The Morgan fingerprint density at radius 1 is 1.25 bits per heavy atom. The molecule has 0 aliphatic rings. The number of rotatable bonds is 3. The van der Waals surface area contributed by atoms with E-state index >= 15 is 0 Å². The first-order chi connectivity index (χ1) is 7.70. The predicted octanol–water partition coefficient (Wildman–Crippen LogP) is 3.18. The molecule has 0 saturated heterocycles. The number of aliphatic hydroxyl groups excluding tert-OH is 1. The summed E-state index contributed by atoms with van der Waals surface area (Å²) in [6, 6.07) is 6.89. The lowest BCUT2D eigenvalue weighted by Crippen LogP contribution is -1.86. The van der Waals surface area contributed by atoms with Crippen molar-refractivity contribution in [2.45, 2.75) is 6.42 Å². The molecule has 2 aromatic rings. The molecule has 5 heteroatoms. The van der Waals surface area contributed by atoms with Gasteiger partial charge in [0.15, 0.2) is 0 Å². The zero-order valence-electron chi connectivity index (χ0n) is 8.28. The van der Waals surface area contributed by atoms with Gasteiger partial charge in [0, 0.05) is 23.1 Å². The van der Waals surface area contributed by atoms with Crippen LogP contribution in [0, 0.1) is 0 Å². The lowest BCUT2D eigenvalue weighted by atomic mass is 10.1. The second-order valence-electron chi connectivity index (χ2n) is 3.28. The normalized spacial score (nSPS) is 10.7. The Labute approximate surface area is 103 Å². The molecule has 0 amide bonds. The standard InChI is InChI=1S/C11H9Cl2NO2/c12-7-1-2-10(13)9(5-7)11-6-8(3-4-15)16-14-11/h1-2,5-6,15H,3-4H2. The van der Waals surface area contributed by atoms with E-state index in [4.69, 9.17) is 32.8 Å². The molecule has 0 atom stereocenters. The highest BCUT2D eigenvalue weighted by atomic mass is 35.5. The van der Waals surface area contributed by atoms with Gasteiger partial charge in [0.1, 0.15) is 11.5 Å². The topological polar surface area (TPSA) is 46.3 Å². The second-order valence-corrected chi connectivity index (χ2v) is 4.12. The molecule has 0 aliphatic heterocycles. The van der Waals surface area contributed by atoms with Gasteiger partial charge in [0.05, 0.1) is 11.6 Å². The molecule has 3 nitrogen and oxygen atoms in total. The minimum absolute atomic E-state index is 0.0257. The van der Waals surface area contributed by atoms with Crippen molar-refractivity contribution in [1.82, 2.24) is 5.16 Å². The van der Waals surface area contributed by atoms with Gasteiger partial charge in [0.2, 0.25) is 0 Å². The fraction of sp³-hybridized carbons (Fsp3) is 0.182. The fourth-order valence-corrected chi connectivity index (χ4v) is 1.75. The highest BCUT2D eigenvalue weighted by Gasteiger charge is 2.10. The zero-order valence-corrected chi connectivity index (χ0v) is 9.79. The Hall–Kier alpha value is -1.03. The molecule has 0 radical (unpaired) electrons. The lowest BCUT2D eigenvalue weighted by Gasteiger charge is -1.99. The predicted molar refractivity (Wildman–Crippen MR) is 62.7 cm³/mol. The van der Waals surface area contributed by atoms with Crippen molar-refractivity contribution >= 4 is 23.2 Å². The largest absolute Gasteiger partial charge is 0.396 e. The molecular formula is C11H9Cl2NO2. The average molecular weight is 258 g/mol. The third-order valence-electron chi connectivity index (χ3n) is 2.12. The van der Waals surface area contributed by atoms with Crippen LogP contribution in [-0.4, -0.2) is 16.9 Å².